The number of alkyl halides is 3. The smallest absolute Gasteiger partial charge is 0.339 e. The number of nitrogens with one attached hydrogen (secondary N) is 1. The molecule has 1 heterocycles. The van der Waals surface area contributed by atoms with Gasteiger partial charge in [0.2, 0.25) is 5.89 Å². The van der Waals surface area contributed by atoms with Gasteiger partial charge in [-0.3, -0.25) is 0 Å². The molecule has 0 amide bonds. The van der Waals surface area contributed by atoms with Crippen LogP contribution in [0.2, 0.25) is 0 Å². The van der Waals surface area contributed by atoms with Crippen LogP contribution in [0.15, 0.2) is 34.9 Å². The molecule has 0 spiro atoms. The first-order valence-electron chi connectivity index (χ1n) is 6.58. The Morgan fingerprint density at radius 1 is 1.24 bits per heavy atom. The molecule has 4 nitrogen and oxygen atoms in total. The zero-order valence-electron chi connectivity index (χ0n) is 11.5. The van der Waals surface area contributed by atoms with E-state index < -0.39 is 12.6 Å². The minimum Gasteiger partial charge on any atom is -0.339 e. The zero-order chi connectivity index (χ0) is 15.3. The molecule has 7 heteroatoms. The summed E-state index contributed by atoms with van der Waals surface area (Å²) in [7, 11) is 1.80. The summed E-state index contributed by atoms with van der Waals surface area (Å²) in [5, 5.41) is 6.71. The monoisotopic (exact) mass is 299 g/mol. The Bertz CT molecular complexity index is 554. The number of halogens is 3. The molecule has 2 aromatic rings. The lowest BCUT2D eigenvalue weighted by atomic mass is 10.0. The first kappa shape index (κ1) is 15.5. The molecule has 114 valence electrons. The number of benzene rings is 1. The van der Waals surface area contributed by atoms with Gasteiger partial charge in [0.1, 0.15) is 0 Å². The zero-order valence-corrected chi connectivity index (χ0v) is 11.5. The highest BCUT2D eigenvalue weighted by atomic mass is 19.4. The highest BCUT2D eigenvalue weighted by molar-refractivity contribution is 5.19. The summed E-state index contributed by atoms with van der Waals surface area (Å²) in [6, 6.07) is 9.65. The van der Waals surface area contributed by atoms with Gasteiger partial charge in [0.15, 0.2) is 5.82 Å². The number of rotatable bonds is 6. The van der Waals surface area contributed by atoms with Crippen LogP contribution in [0.3, 0.4) is 0 Å². The van der Waals surface area contributed by atoms with E-state index in [1.165, 1.54) is 0 Å². The topological polar surface area (TPSA) is 51.0 Å². The summed E-state index contributed by atoms with van der Waals surface area (Å²) in [5.41, 5.74) is 1.05. The fourth-order valence-electron chi connectivity index (χ4n) is 1.97. The van der Waals surface area contributed by atoms with Crippen molar-refractivity contribution in [2.45, 2.75) is 31.5 Å². The fraction of sp³-hybridized carbons (Fsp3) is 0.429. The molecule has 0 fully saturated rings. The van der Waals surface area contributed by atoms with Crippen molar-refractivity contribution in [1.82, 2.24) is 15.5 Å². The van der Waals surface area contributed by atoms with Crippen molar-refractivity contribution in [2.24, 2.45) is 0 Å². The van der Waals surface area contributed by atoms with Crippen molar-refractivity contribution in [1.29, 1.82) is 0 Å². The second-order valence-electron chi connectivity index (χ2n) is 4.68. The van der Waals surface area contributed by atoms with Gasteiger partial charge in [-0.1, -0.05) is 35.5 Å². The Morgan fingerprint density at radius 2 is 1.95 bits per heavy atom. The third kappa shape index (κ3) is 4.86. The number of nitrogens with zero attached hydrogens (tertiary/aromatic N) is 2. The Kier molecular flexibility index (Phi) is 4.95. The van der Waals surface area contributed by atoms with E-state index in [-0.39, 0.29) is 18.3 Å². The number of aromatic nitrogens is 2. The Labute approximate surface area is 120 Å². The molecular formula is C14H16F3N3O. The van der Waals surface area contributed by atoms with Crippen LogP contribution in [0.5, 0.6) is 0 Å². The minimum absolute atomic E-state index is 0.0258. The predicted octanol–water partition coefficient (Wildman–Crippen LogP) is 3.07. The molecule has 1 atom stereocenters. The summed E-state index contributed by atoms with van der Waals surface area (Å²) in [5.74, 6) is 0.417. The molecule has 21 heavy (non-hydrogen) atoms. The maximum Gasteiger partial charge on any atom is 0.389 e. The quantitative estimate of drug-likeness (QED) is 0.890. The van der Waals surface area contributed by atoms with E-state index in [9.17, 15) is 13.2 Å². The highest BCUT2D eigenvalue weighted by Gasteiger charge is 2.27. The highest BCUT2D eigenvalue weighted by Crippen LogP contribution is 2.22. The normalized spacial score (nSPS) is 13.3. The molecule has 0 aliphatic rings. The Hall–Kier alpha value is -1.89. The average Bonchev–Trinajstić information content (AvgIpc) is 2.90. The van der Waals surface area contributed by atoms with E-state index in [2.05, 4.69) is 15.5 Å². The minimum atomic E-state index is -4.21. The van der Waals surface area contributed by atoms with Crippen LogP contribution >= 0.6 is 0 Å². The van der Waals surface area contributed by atoms with Gasteiger partial charge in [0.05, 0.1) is 6.42 Å². The first-order chi connectivity index (χ1) is 9.98. The number of likely N-dealkylation sites (N-methyl/N-ethyl adjacent to an activating group) is 1. The molecule has 1 aromatic carbocycles. The average molecular weight is 299 g/mol. The SMILES string of the molecule is CNC(Cc1nc(CCC(F)(F)F)no1)c1ccccc1. The van der Waals surface area contributed by atoms with Gasteiger partial charge < -0.3 is 9.84 Å². The van der Waals surface area contributed by atoms with Crippen molar-refractivity contribution in [2.75, 3.05) is 7.05 Å². The molecule has 1 unspecified atom stereocenters. The number of aryl methyl sites for hydroxylation is 1. The second kappa shape index (κ2) is 6.71. The lowest BCUT2D eigenvalue weighted by molar-refractivity contribution is -0.134. The van der Waals surface area contributed by atoms with Gasteiger partial charge >= 0.3 is 6.18 Å². The molecule has 0 saturated heterocycles. The van der Waals surface area contributed by atoms with E-state index in [1.54, 1.807) is 7.05 Å². The maximum atomic E-state index is 12.1. The van der Waals surface area contributed by atoms with Crippen LogP contribution in [0.1, 0.15) is 29.7 Å². The van der Waals surface area contributed by atoms with Crippen LogP contribution in [-0.4, -0.2) is 23.4 Å². The van der Waals surface area contributed by atoms with Crippen LogP contribution in [0.25, 0.3) is 0 Å². The second-order valence-corrected chi connectivity index (χ2v) is 4.68. The van der Waals surface area contributed by atoms with E-state index in [0.29, 0.717) is 12.3 Å². The van der Waals surface area contributed by atoms with E-state index >= 15 is 0 Å². The third-order valence-electron chi connectivity index (χ3n) is 3.07. The van der Waals surface area contributed by atoms with Crippen LogP contribution < -0.4 is 5.32 Å². The Balaban J connectivity index is 1.98. The van der Waals surface area contributed by atoms with Gasteiger partial charge in [-0.25, -0.2) is 0 Å². The standard InChI is InChI=1S/C14H16F3N3O/c1-18-11(10-5-3-2-4-6-10)9-13-19-12(20-21-13)7-8-14(15,16)17/h2-6,11,18H,7-9H2,1H3. The molecule has 0 saturated carbocycles. The van der Waals surface area contributed by atoms with Gasteiger partial charge in [0.25, 0.3) is 0 Å². The predicted molar refractivity (Wildman–Crippen MR) is 70.6 cm³/mol. The van der Waals surface area contributed by atoms with E-state index in [0.717, 1.165) is 5.56 Å². The summed E-state index contributed by atoms with van der Waals surface area (Å²) in [4.78, 5) is 4.01. The van der Waals surface area contributed by atoms with Crippen molar-refractivity contribution in [3.05, 3.63) is 47.6 Å². The molecule has 0 bridgehead atoms. The van der Waals surface area contributed by atoms with Gasteiger partial charge in [-0.2, -0.15) is 18.2 Å². The summed E-state index contributed by atoms with van der Waals surface area (Å²) >= 11 is 0. The van der Waals surface area contributed by atoms with Crippen molar-refractivity contribution >= 4 is 0 Å². The molecule has 2 rings (SSSR count). The third-order valence-corrected chi connectivity index (χ3v) is 3.07. The fourth-order valence-corrected chi connectivity index (χ4v) is 1.97. The molecule has 0 aliphatic heterocycles. The molecule has 1 N–H and O–H groups in total. The van der Waals surface area contributed by atoms with Crippen molar-refractivity contribution in [3.8, 4) is 0 Å². The number of hydrogen-bond donors (Lipinski definition) is 1. The van der Waals surface area contributed by atoms with E-state index in [4.69, 9.17) is 4.52 Å². The van der Waals surface area contributed by atoms with Gasteiger partial charge in [0, 0.05) is 18.9 Å². The van der Waals surface area contributed by atoms with Crippen LogP contribution in [-0.2, 0) is 12.8 Å². The number of hydrogen-bond acceptors (Lipinski definition) is 4. The maximum absolute atomic E-state index is 12.1. The molecular weight excluding hydrogens is 283 g/mol. The Morgan fingerprint density at radius 3 is 2.57 bits per heavy atom. The summed E-state index contributed by atoms with van der Waals surface area (Å²) in [6.45, 7) is 0. The molecule has 1 aromatic heterocycles. The lowest BCUT2D eigenvalue weighted by Gasteiger charge is -2.13. The van der Waals surface area contributed by atoms with Crippen molar-refractivity contribution in [3.63, 3.8) is 0 Å². The summed E-state index contributed by atoms with van der Waals surface area (Å²) < 4.78 is 41.4. The molecule has 0 aliphatic carbocycles. The summed E-state index contributed by atoms with van der Waals surface area (Å²) in [6.07, 6.45) is -4.99. The van der Waals surface area contributed by atoms with Crippen LogP contribution in [0.4, 0.5) is 13.2 Å². The van der Waals surface area contributed by atoms with Gasteiger partial charge in [-0.05, 0) is 12.6 Å². The molecule has 0 radical (unpaired) electrons. The van der Waals surface area contributed by atoms with Crippen LogP contribution in [0, 0.1) is 0 Å². The van der Waals surface area contributed by atoms with E-state index in [1.807, 2.05) is 30.3 Å². The van der Waals surface area contributed by atoms with Gasteiger partial charge in [-0.15, -0.1) is 0 Å². The largest absolute Gasteiger partial charge is 0.389 e. The first-order valence-corrected chi connectivity index (χ1v) is 6.58. The van der Waals surface area contributed by atoms with Crippen molar-refractivity contribution < 1.29 is 17.7 Å². The lowest BCUT2D eigenvalue weighted by Crippen LogP contribution is -2.18.